The zero-order valence-electron chi connectivity index (χ0n) is 18.8. The molecule has 2 aromatic rings. The molecule has 2 aliphatic heterocycles. The second-order valence-corrected chi connectivity index (χ2v) is 9.45. The summed E-state index contributed by atoms with van der Waals surface area (Å²) in [4.78, 5) is 35.6. The van der Waals surface area contributed by atoms with E-state index in [9.17, 15) is 9.59 Å². The highest BCUT2D eigenvalue weighted by atomic mass is 35.5. The van der Waals surface area contributed by atoms with Crippen LogP contribution >= 0.6 is 11.6 Å². The highest BCUT2D eigenvalue weighted by Gasteiger charge is 2.22. The van der Waals surface area contributed by atoms with Crippen molar-refractivity contribution in [2.45, 2.75) is 47.1 Å². The average molecular weight is 451 g/mol. The molecule has 0 fully saturated rings. The fourth-order valence-corrected chi connectivity index (χ4v) is 4.46. The zero-order chi connectivity index (χ0) is 23.0. The van der Waals surface area contributed by atoms with E-state index < -0.39 is 11.2 Å². The van der Waals surface area contributed by atoms with Gasteiger partial charge in [-0.05, 0) is 79.5 Å². The van der Waals surface area contributed by atoms with Gasteiger partial charge in [0.1, 0.15) is 0 Å². The number of benzene rings is 2. The second-order valence-electron chi connectivity index (χ2n) is 9.02. The Kier molecular flexibility index (Phi) is 6.15. The van der Waals surface area contributed by atoms with Crippen LogP contribution in [0.15, 0.2) is 46.0 Å². The molecule has 1 atom stereocenters. The number of aryl methyl sites for hydroxylation is 2. The second kappa shape index (κ2) is 8.87. The molecular formula is C25H27ClN4O2. The third kappa shape index (κ3) is 4.60. The van der Waals surface area contributed by atoms with Crippen LogP contribution in [-0.2, 0) is 13.0 Å². The van der Waals surface area contributed by atoms with Crippen LogP contribution in [0.4, 0.5) is 0 Å². The number of hydrogen-bond donors (Lipinski definition) is 1. The van der Waals surface area contributed by atoms with Gasteiger partial charge < -0.3 is 4.57 Å². The van der Waals surface area contributed by atoms with Crippen LogP contribution in [0.25, 0.3) is 22.6 Å². The van der Waals surface area contributed by atoms with Crippen molar-refractivity contribution in [2.75, 3.05) is 0 Å². The normalized spacial score (nSPS) is 12.7. The number of nitrogens with one attached hydrogen (secondary N) is 1. The van der Waals surface area contributed by atoms with Gasteiger partial charge in [0.25, 0.3) is 5.56 Å². The van der Waals surface area contributed by atoms with Gasteiger partial charge in [0.15, 0.2) is 11.5 Å². The number of fused-ring (bicyclic) bond motifs is 2. The number of hydrogen-bond acceptors (Lipinski definition) is 4. The van der Waals surface area contributed by atoms with E-state index in [4.69, 9.17) is 11.6 Å². The molecule has 32 heavy (non-hydrogen) atoms. The summed E-state index contributed by atoms with van der Waals surface area (Å²) < 4.78 is 2.00. The third-order valence-corrected chi connectivity index (χ3v) is 6.16. The molecule has 0 radical (unpaired) electrons. The lowest BCUT2D eigenvalue weighted by molar-refractivity contribution is 0.363. The van der Waals surface area contributed by atoms with Crippen LogP contribution in [0, 0.1) is 25.7 Å². The number of aromatic amines is 1. The summed E-state index contributed by atoms with van der Waals surface area (Å²) >= 11 is 6.07. The Bertz CT molecular complexity index is 1360. The first-order chi connectivity index (χ1) is 15.2. The Morgan fingerprint density at radius 1 is 1.03 bits per heavy atom. The standard InChI is InChI=1S/C25H27ClN4O2/c1-14(2)9-18(12-17-5-7-19(26)8-6-17)13-30-21-11-16(4)15(3)10-20(21)27-22-23(30)28-25(32)29-24(22)31/h5-8,10-11,14,18H,9,12-13H2,1-4H3,(H,29,31,32). The van der Waals surface area contributed by atoms with Crippen LogP contribution in [-0.4, -0.2) is 19.5 Å². The number of nitrogens with zero attached hydrogens (tertiary/aromatic N) is 3. The lowest BCUT2D eigenvalue weighted by atomic mass is 9.90. The minimum absolute atomic E-state index is 0.190. The summed E-state index contributed by atoms with van der Waals surface area (Å²) in [5, 5.41) is 0.715. The predicted octanol–water partition coefficient (Wildman–Crippen LogP) is 4.76. The largest absolute Gasteiger partial charge is 0.349 e. The van der Waals surface area contributed by atoms with Crippen LogP contribution in [0.2, 0.25) is 5.02 Å². The highest BCUT2D eigenvalue weighted by molar-refractivity contribution is 6.30. The quantitative estimate of drug-likeness (QED) is 0.429. The van der Waals surface area contributed by atoms with E-state index in [1.165, 1.54) is 5.56 Å². The predicted molar refractivity (Wildman–Crippen MR) is 129 cm³/mol. The molecule has 2 heterocycles. The van der Waals surface area contributed by atoms with Gasteiger partial charge in [0.2, 0.25) is 0 Å². The Labute approximate surface area is 191 Å². The van der Waals surface area contributed by atoms with E-state index in [1.807, 2.05) is 36.6 Å². The third-order valence-electron chi connectivity index (χ3n) is 5.91. The number of aromatic nitrogens is 4. The molecule has 1 unspecified atom stereocenters. The fourth-order valence-electron chi connectivity index (χ4n) is 4.34. The van der Waals surface area contributed by atoms with E-state index >= 15 is 0 Å². The summed E-state index contributed by atoms with van der Waals surface area (Å²) in [6, 6.07) is 12.0. The molecule has 7 heteroatoms. The van der Waals surface area contributed by atoms with Crippen molar-refractivity contribution in [3.05, 3.63) is 78.9 Å². The van der Waals surface area contributed by atoms with Crippen LogP contribution in [0.1, 0.15) is 37.0 Å². The maximum atomic E-state index is 12.5. The highest BCUT2D eigenvalue weighted by Crippen LogP contribution is 2.28. The number of halogens is 1. The molecule has 0 spiro atoms. The first-order valence-electron chi connectivity index (χ1n) is 10.9. The summed E-state index contributed by atoms with van der Waals surface area (Å²) in [5.41, 5.74) is 4.05. The van der Waals surface area contributed by atoms with Gasteiger partial charge in [-0.2, -0.15) is 4.98 Å². The first kappa shape index (κ1) is 22.2. The maximum absolute atomic E-state index is 12.5. The molecular weight excluding hydrogens is 424 g/mol. The Morgan fingerprint density at radius 3 is 2.41 bits per heavy atom. The van der Waals surface area contributed by atoms with Crippen molar-refractivity contribution in [3.63, 3.8) is 0 Å². The monoisotopic (exact) mass is 450 g/mol. The van der Waals surface area contributed by atoms with Crippen molar-refractivity contribution in [1.82, 2.24) is 19.5 Å². The Hall–Kier alpha value is -2.99. The summed E-state index contributed by atoms with van der Waals surface area (Å²) in [6.45, 7) is 9.10. The van der Waals surface area contributed by atoms with Gasteiger partial charge in [-0.25, -0.2) is 9.78 Å². The molecule has 0 aliphatic carbocycles. The summed E-state index contributed by atoms with van der Waals surface area (Å²) in [7, 11) is 0. The summed E-state index contributed by atoms with van der Waals surface area (Å²) in [6.07, 6.45) is 1.84. The van der Waals surface area contributed by atoms with E-state index in [-0.39, 0.29) is 11.6 Å². The van der Waals surface area contributed by atoms with Gasteiger partial charge in [-0.15, -0.1) is 0 Å². The van der Waals surface area contributed by atoms with E-state index in [2.05, 4.69) is 47.0 Å². The molecule has 166 valence electrons. The van der Waals surface area contributed by atoms with Gasteiger partial charge in [0.05, 0.1) is 11.0 Å². The van der Waals surface area contributed by atoms with Gasteiger partial charge in [-0.3, -0.25) is 9.78 Å². The molecule has 1 N–H and O–H groups in total. The molecule has 0 amide bonds. The van der Waals surface area contributed by atoms with Crippen LogP contribution in [0.3, 0.4) is 0 Å². The van der Waals surface area contributed by atoms with Gasteiger partial charge >= 0.3 is 5.69 Å². The van der Waals surface area contributed by atoms with E-state index in [0.29, 0.717) is 23.3 Å². The first-order valence-corrected chi connectivity index (χ1v) is 11.3. The smallest absolute Gasteiger partial charge is 0.322 e. The van der Waals surface area contributed by atoms with Crippen molar-refractivity contribution >= 4 is 22.6 Å². The van der Waals surface area contributed by atoms with Crippen molar-refractivity contribution in [2.24, 2.45) is 11.8 Å². The van der Waals surface area contributed by atoms with Gasteiger partial charge in [0, 0.05) is 11.6 Å². The van der Waals surface area contributed by atoms with Gasteiger partial charge in [-0.1, -0.05) is 37.6 Å². The minimum atomic E-state index is -0.653. The Balaban J connectivity index is 1.88. The zero-order valence-corrected chi connectivity index (χ0v) is 19.5. The van der Waals surface area contributed by atoms with Crippen LogP contribution in [0.5, 0.6) is 0 Å². The fraction of sp³-hybridized carbons (Fsp3) is 0.360. The van der Waals surface area contributed by atoms with E-state index in [0.717, 1.165) is 35.0 Å². The Morgan fingerprint density at radius 2 is 1.72 bits per heavy atom. The van der Waals surface area contributed by atoms with Crippen LogP contribution < -0.4 is 11.2 Å². The number of H-pyrrole nitrogens is 1. The molecule has 0 saturated heterocycles. The molecule has 0 aromatic heterocycles. The number of rotatable bonds is 6. The molecule has 2 aromatic carbocycles. The average Bonchev–Trinajstić information content (AvgIpc) is 2.71. The lowest BCUT2D eigenvalue weighted by Gasteiger charge is -2.24. The topological polar surface area (TPSA) is 80.6 Å². The van der Waals surface area contributed by atoms with Crippen molar-refractivity contribution in [1.29, 1.82) is 0 Å². The van der Waals surface area contributed by atoms with Crippen molar-refractivity contribution < 1.29 is 0 Å². The molecule has 6 nitrogen and oxygen atoms in total. The molecule has 2 aliphatic rings. The molecule has 0 bridgehead atoms. The maximum Gasteiger partial charge on any atom is 0.349 e. The summed E-state index contributed by atoms with van der Waals surface area (Å²) in [5.74, 6) is 1.09. The lowest BCUT2D eigenvalue weighted by Crippen LogP contribution is -2.30. The molecule has 4 rings (SSSR count). The SMILES string of the molecule is Cc1cc2nc3c(=O)[nH]c(=O)nc-3n(CC(Cc3ccc(Cl)cc3)CC(C)C)c2cc1C. The van der Waals surface area contributed by atoms with Crippen molar-refractivity contribution in [3.8, 4) is 11.5 Å². The van der Waals surface area contributed by atoms with E-state index in [1.54, 1.807) is 0 Å². The molecule has 0 saturated carbocycles. The minimum Gasteiger partial charge on any atom is -0.322 e.